The van der Waals surface area contributed by atoms with Crippen molar-refractivity contribution < 1.29 is 24.3 Å². The second-order valence-corrected chi connectivity index (χ2v) is 7.20. The second-order valence-electron chi connectivity index (χ2n) is 5.40. The average molecular weight is 334 g/mol. The van der Waals surface area contributed by atoms with Crippen LogP contribution in [0.25, 0.3) is 11.1 Å². The third-order valence-electron chi connectivity index (χ3n) is 3.70. The Labute approximate surface area is 134 Å². The first-order chi connectivity index (χ1) is 10.9. The lowest BCUT2D eigenvalue weighted by Crippen LogP contribution is -2.20. The summed E-state index contributed by atoms with van der Waals surface area (Å²) in [7, 11) is -4.60. The van der Waals surface area contributed by atoms with Crippen LogP contribution in [0.1, 0.15) is 18.4 Å². The Balaban J connectivity index is 1.94. The van der Waals surface area contributed by atoms with Gasteiger partial charge in [0, 0.05) is 0 Å². The average Bonchev–Trinajstić information content (AvgIpc) is 2.51. The number of carbonyl (C=O) groups is 1. The molecule has 2 rings (SSSR count). The molecule has 0 aliphatic heterocycles. The third kappa shape index (κ3) is 5.03. The summed E-state index contributed by atoms with van der Waals surface area (Å²) in [6, 6.07) is 17.8. The lowest BCUT2D eigenvalue weighted by Gasteiger charge is -2.13. The lowest BCUT2D eigenvalue weighted by atomic mass is 10.0. The third-order valence-corrected chi connectivity index (χ3v) is 4.99. The maximum Gasteiger partial charge on any atom is 0.339 e. The van der Waals surface area contributed by atoms with E-state index < -0.39 is 19.2 Å². The molecule has 0 radical (unpaired) electrons. The summed E-state index contributed by atoms with van der Waals surface area (Å²) in [5.74, 6) is -1.45. The predicted molar refractivity (Wildman–Crippen MR) is 88.3 cm³/mol. The van der Waals surface area contributed by atoms with Crippen LogP contribution in [0.5, 0.6) is 0 Å². The molecule has 0 aliphatic rings. The van der Waals surface area contributed by atoms with E-state index in [9.17, 15) is 9.36 Å². The highest BCUT2D eigenvalue weighted by Crippen LogP contribution is 2.43. The van der Waals surface area contributed by atoms with E-state index >= 15 is 0 Å². The van der Waals surface area contributed by atoms with E-state index in [0.717, 1.165) is 16.7 Å². The van der Waals surface area contributed by atoms with Crippen molar-refractivity contribution in [3.8, 4) is 11.1 Å². The Kier molecular flexibility index (Phi) is 5.72. The van der Waals surface area contributed by atoms with Gasteiger partial charge < -0.3 is 14.9 Å². The molecule has 2 aromatic rings. The molecule has 0 heterocycles. The van der Waals surface area contributed by atoms with Crippen molar-refractivity contribution in [2.45, 2.75) is 24.9 Å². The van der Waals surface area contributed by atoms with Crippen LogP contribution in [0, 0.1) is 0 Å². The summed E-state index contributed by atoms with van der Waals surface area (Å²) >= 11 is 0. The van der Waals surface area contributed by atoms with Gasteiger partial charge in [0.15, 0.2) is 5.66 Å². The normalized spacial score (nSPS) is 12.8. The van der Waals surface area contributed by atoms with Crippen molar-refractivity contribution in [1.29, 1.82) is 0 Å². The van der Waals surface area contributed by atoms with Crippen molar-refractivity contribution in [1.82, 2.24) is 0 Å². The molecule has 3 N–H and O–H groups in total. The summed E-state index contributed by atoms with van der Waals surface area (Å²) < 4.78 is 11.1. The molecule has 0 spiro atoms. The molecule has 6 heteroatoms. The van der Waals surface area contributed by atoms with E-state index in [2.05, 4.69) is 0 Å². The molecule has 0 aromatic heterocycles. The molecule has 0 fully saturated rings. The molecule has 0 bridgehead atoms. The van der Waals surface area contributed by atoms with E-state index in [1.807, 2.05) is 54.6 Å². The van der Waals surface area contributed by atoms with Gasteiger partial charge in [-0.2, -0.15) is 0 Å². The fraction of sp³-hybridized carbons (Fsp3) is 0.235. The van der Waals surface area contributed by atoms with Crippen molar-refractivity contribution in [3.05, 3.63) is 60.2 Å². The van der Waals surface area contributed by atoms with E-state index in [1.165, 1.54) is 0 Å². The molecular formula is C17H19O5P. The number of carboxylic acid groups (broad SMARTS) is 1. The predicted octanol–water partition coefficient (Wildman–Crippen LogP) is 3.31. The van der Waals surface area contributed by atoms with E-state index in [0.29, 0.717) is 12.8 Å². The molecule has 2 aromatic carbocycles. The maximum atomic E-state index is 11.1. The minimum Gasteiger partial charge on any atom is -0.481 e. The van der Waals surface area contributed by atoms with Crippen LogP contribution in [0.4, 0.5) is 0 Å². The first kappa shape index (κ1) is 17.4. The van der Waals surface area contributed by atoms with Crippen LogP contribution in [-0.2, 0) is 15.8 Å². The van der Waals surface area contributed by atoms with Crippen LogP contribution < -0.4 is 0 Å². The number of carboxylic acids is 1. The SMILES string of the molecule is O=C(O)C(CCCc1ccc(-c2ccccc2)cc1)P(=O)(O)O. The summed E-state index contributed by atoms with van der Waals surface area (Å²) in [5.41, 5.74) is 1.60. The molecule has 0 aliphatic carbocycles. The van der Waals surface area contributed by atoms with E-state index in [-0.39, 0.29) is 6.42 Å². The van der Waals surface area contributed by atoms with Gasteiger partial charge in [-0.25, -0.2) is 0 Å². The van der Waals surface area contributed by atoms with Crippen molar-refractivity contribution in [3.63, 3.8) is 0 Å². The number of benzene rings is 2. The standard InChI is InChI=1S/C17H19O5P/c18-17(19)16(23(20,21)22)8-4-5-13-9-11-15(12-10-13)14-6-2-1-3-7-14/h1-3,6-7,9-12,16H,4-5,8H2,(H,18,19)(H2,20,21,22). The molecule has 0 saturated heterocycles. The van der Waals surface area contributed by atoms with Crippen LogP contribution >= 0.6 is 7.60 Å². The second kappa shape index (κ2) is 7.55. The number of aliphatic carboxylic acids is 1. The van der Waals surface area contributed by atoms with E-state index in [1.54, 1.807) is 0 Å². The first-order valence-electron chi connectivity index (χ1n) is 7.30. The van der Waals surface area contributed by atoms with Crippen molar-refractivity contribution >= 4 is 13.6 Å². The van der Waals surface area contributed by atoms with Gasteiger partial charge in [-0.15, -0.1) is 0 Å². The zero-order valence-electron chi connectivity index (χ0n) is 12.5. The van der Waals surface area contributed by atoms with Crippen LogP contribution in [0.2, 0.25) is 0 Å². The van der Waals surface area contributed by atoms with Gasteiger partial charge >= 0.3 is 13.6 Å². The Bertz CT molecular complexity index is 691. The minimum absolute atomic E-state index is 0.0416. The summed E-state index contributed by atoms with van der Waals surface area (Å²) in [5, 5.41) is 8.88. The largest absolute Gasteiger partial charge is 0.481 e. The maximum absolute atomic E-state index is 11.1. The Hall–Kier alpha value is -1.94. The number of hydrogen-bond acceptors (Lipinski definition) is 2. The molecule has 122 valence electrons. The topological polar surface area (TPSA) is 94.8 Å². The fourth-order valence-corrected chi connectivity index (χ4v) is 3.24. The lowest BCUT2D eigenvalue weighted by molar-refractivity contribution is -0.137. The van der Waals surface area contributed by atoms with Crippen LogP contribution in [0.3, 0.4) is 0 Å². The van der Waals surface area contributed by atoms with E-state index in [4.69, 9.17) is 14.9 Å². The number of hydrogen-bond donors (Lipinski definition) is 3. The number of aryl methyl sites for hydroxylation is 1. The Morgan fingerprint density at radius 2 is 1.52 bits per heavy atom. The summed E-state index contributed by atoms with van der Waals surface area (Å²) in [4.78, 5) is 29.0. The Morgan fingerprint density at radius 1 is 0.957 bits per heavy atom. The summed E-state index contributed by atoms with van der Waals surface area (Å²) in [6.45, 7) is 0. The number of rotatable bonds is 7. The molecule has 23 heavy (non-hydrogen) atoms. The van der Waals surface area contributed by atoms with Gasteiger partial charge in [-0.05, 0) is 36.0 Å². The monoisotopic (exact) mass is 334 g/mol. The molecule has 1 atom stereocenters. The van der Waals surface area contributed by atoms with Crippen LogP contribution in [0.15, 0.2) is 54.6 Å². The van der Waals surface area contributed by atoms with Gasteiger partial charge in [0.05, 0.1) is 0 Å². The van der Waals surface area contributed by atoms with Crippen LogP contribution in [-0.4, -0.2) is 26.5 Å². The van der Waals surface area contributed by atoms with Gasteiger partial charge in [-0.3, -0.25) is 9.36 Å². The highest BCUT2D eigenvalue weighted by atomic mass is 31.2. The summed E-state index contributed by atoms with van der Waals surface area (Å²) in [6.07, 6.45) is 0.950. The smallest absolute Gasteiger partial charge is 0.339 e. The molecule has 0 amide bonds. The molecule has 1 unspecified atom stereocenters. The zero-order valence-corrected chi connectivity index (χ0v) is 13.4. The fourth-order valence-electron chi connectivity index (χ4n) is 2.43. The molecule has 0 saturated carbocycles. The quantitative estimate of drug-likeness (QED) is 0.675. The van der Waals surface area contributed by atoms with Gasteiger partial charge in [0.1, 0.15) is 0 Å². The van der Waals surface area contributed by atoms with Crippen molar-refractivity contribution in [2.24, 2.45) is 0 Å². The Morgan fingerprint density at radius 3 is 2.04 bits per heavy atom. The first-order valence-corrected chi connectivity index (χ1v) is 8.98. The van der Waals surface area contributed by atoms with Gasteiger partial charge in [0.25, 0.3) is 0 Å². The molecule has 5 nitrogen and oxygen atoms in total. The minimum atomic E-state index is -4.60. The van der Waals surface area contributed by atoms with Gasteiger partial charge in [0.2, 0.25) is 0 Å². The van der Waals surface area contributed by atoms with Gasteiger partial charge in [-0.1, -0.05) is 54.6 Å². The highest BCUT2D eigenvalue weighted by molar-refractivity contribution is 7.53. The molecular weight excluding hydrogens is 315 g/mol. The highest BCUT2D eigenvalue weighted by Gasteiger charge is 2.34. The zero-order chi connectivity index (χ0) is 16.9. The van der Waals surface area contributed by atoms with Crippen molar-refractivity contribution in [2.75, 3.05) is 0 Å².